The van der Waals surface area contributed by atoms with Crippen LogP contribution in [0.15, 0.2) is 24.3 Å². The summed E-state index contributed by atoms with van der Waals surface area (Å²) in [6.07, 6.45) is 5.49. The van der Waals surface area contributed by atoms with Crippen LogP contribution < -0.4 is 0 Å². The number of hydrogen-bond donors (Lipinski definition) is 0. The molecule has 4 unspecified atom stereocenters. The van der Waals surface area contributed by atoms with Crippen LogP contribution in [0.3, 0.4) is 0 Å². The molecule has 0 heterocycles. The SMILES string of the molecule is N#CC(C(=O)CC1CC2CCC1C2)c1ccc(F)cc1. The van der Waals surface area contributed by atoms with Crippen molar-refractivity contribution in [2.24, 2.45) is 17.8 Å². The van der Waals surface area contributed by atoms with Gasteiger partial charge in [-0.15, -0.1) is 0 Å². The van der Waals surface area contributed by atoms with Crippen molar-refractivity contribution in [1.82, 2.24) is 0 Å². The second-order valence-corrected chi connectivity index (χ2v) is 6.22. The third-order valence-corrected chi connectivity index (χ3v) is 5.00. The molecule has 0 spiro atoms. The fourth-order valence-corrected chi connectivity index (χ4v) is 3.99. The third kappa shape index (κ3) is 2.47. The first-order valence-corrected chi connectivity index (χ1v) is 7.35. The smallest absolute Gasteiger partial charge is 0.154 e. The molecule has 2 saturated carbocycles. The minimum atomic E-state index is -0.741. The largest absolute Gasteiger partial charge is 0.298 e. The van der Waals surface area contributed by atoms with Gasteiger partial charge in [-0.2, -0.15) is 5.26 Å². The number of carbonyl (C=O) groups excluding carboxylic acids is 1. The molecule has 4 atom stereocenters. The first kappa shape index (κ1) is 13.3. The van der Waals surface area contributed by atoms with Crippen LogP contribution in [0.4, 0.5) is 4.39 Å². The molecule has 0 radical (unpaired) electrons. The Labute approximate surface area is 118 Å². The Kier molecular flexibility index (Phi) is 3.56. The lowest BCUT2D eigenvalue weighted by molar-refractivity contribution is -0.120. The first-order valence-electron chi connectivity index (χ1n) is 7.35. The van der Waals surface area contributed by atoms with E-state index >= 15 is 0 Å². The molecule has 0 saturated heterocycles. The number of halogens is 1. The number of ketones is 1. The fraction of sp³-hybridized carbons (Fsp3) is 0.529. The Bertz CT molecular complexity index is 545. The van der Waals surface area contributed by atoms with E-state index in [1.807, 2.05) is 0 Å². The summed E-state index contributed by atoms with van der Waals surface area (Å²) < 4.78 is 12.9. The molecule has 3 rings (SSSR count). The number of nitriles is 1. The van der Waals surface area contributed by atoms with Crippen molar-refractivity contribution >= 4 is 5.78 Å². The molecule has 1 aromatic rings. The summed E-state index contributed by atoms with van der Waals surface area (Å²) in [7, 11) is 0. The molecule has 1 aromatic carbocycles. The number of carbonyl (C=O) groups is 1. The van der Waals surface area contributed by atoms with E-state index in [2.05, 4.69) is 6.07 Å². The molecular formula is C17H18FNO. The van der Waals surface area contributed by atoms with Crippen LogP contribution in [0, 0.1) is 34.9 Å². The Hall–Kier alpha value is -1.69. The average Bonchev–Trinajstić information content (AvgIpc) is 3.04. The molecule has 20 heavy (non-hydrogen) atoms. The summed E-state index contributed by atoms with van der Waals surface area (Å²) in [5.41, 5.74) is 0.613. The molecule has 2 fully saturated rings. The van der Waals surface area contributed by atoms with E-state index in [1.54, 1.807) is 12.1 Å². The lowest BCUT2D eigenvalue weighted by atomic mass is 9.82. The van der Waals surface area contributed by atoms with Crippen LogP contribution in [0.1, 0.15) is 43.6 Å². The highest BCUT2D eigenvalue weighted by Gasteiger charge is 2.40. The maximum atomic E-state index is 12.9. The van der Waals surface area contributed by atoms with Gasteiger partial charge in [-0.3, -0.25) is 4.79 Å². The Balaban J connectivity index is 1.68. The zero-order valence-electron chi connectivity index (χ0n) is 11.4. The summed E-state index contributed by atoms with van der Waals surface area (Å²) in [6, 6.07) is 7.79. The predicted molar refractivity (Wildman–Crippen MR) is 73.3 cm³/mol. The van der Waals surface area contributed by atoms with Crippen molar-refractivity contribution in [2.45, 2.75) is 38.0 Å². The Morgan fingerprint density at radius 1 is 1.30 bits per heavy atom. The van der Waals surface area contributed by atoms with E-state index in [9.17, 15) is 14.4 Å². The van der Waals surface area contributed by atoms with Gasteiger partial charge < -0.3 is 0 Å². The number of nitrogens with zero attached hydrogens (tertiary/aromatic N) is 1. The summed E-state index contributed by atoms with van der Waals surface area (Å²) in [5.74, 6) is 0.885. The molecule has 104 valence electrons. The molecule has 2 nitrogen and oxygen atoms in total. The predicted octanol–water partition coefficient (Wildman–Crippen LogP) is 3.83. The number of fused-ring (bicyclic) bond motifs is 2. The van der Waals surface area contributed by atoms with Crippen molar-refractivity contribution < 1.29 is 9.18 Å². The third-order valence-electron chi connectivity index (χ3n) is 5.00. The van der Waals surface area contributed by atoms with Crippen molar-refractivity contribution in [1.29, 1.82) is 5.26 Å². The Morgan fingerprint density at radius 2 is 2.05 bits per heavy atom. The number of Topliss-reactive ketones (excluding diaryl/α,β-unsaturated/α-hetero) is 1. The molecule has 2 bridgehead atoms. The van der Waals surface area contributed by atoms with Gasteiger partial charge in [-0.25, -0.2) is 4.39 Å². The van der Waals surface area contributed by atoms with Crippen LogP contribution >= 0.6 is 0 Å². The van der Waals surface area contributed by atoms with E-state index in [-0.39, 0.29) is 11.6 Å². The second kappa shape index (κ2) is 5.36. The van der Waals surface area contributed by atoms with Gasteiger partial charge in [0.15, 0.2) is 5.78 Å². The number of hydrogen-bond acceptors (Lipinski definition) is 2. The van der Waals surface area contributed by atoms with Gasteiger partial charge in [0.1, 0.15) is 11.7 Å². The maximum Gasteiger partial charge on any atom is 0.154 e. The molecule has 0 amide bonds. The van der Waals surface area contributed by atoms with Crippen LogP contribution in [0.25, 0.3) is 0 Å². The van der Waals surface area contributed by atoms with E-state index < -0.39 is 5.92 Å². The van der Waals surface area contributed by atoms with Gasteiger partial charge in [0.2, 0.25) is 0 Å². The monoisotopic (exact) mass is 271 g/mol. The van der Waals surface area contributed by atoms with Crippen LogP contribution in [-0.4, -0.2) is 5.78 Å². The molecule has 2 aliphatic rings. The quantitative estimate of drug-likeness (QED) is 0.835. The molecule has 2 aliphatic carbocycles. The maximum absolute atomic E-state index is 12.9. The molecule has 0 aliphatic heterocycles. The lowest BCUT2D eigenvalue weighted by Crippen LogP contribution is -2.19. The van der Waals surface area contributed by atoms with E-state index in [4.69, 9.17) is 0 Å². The van der Waals surface area contributed by atoms with E-state index in [0.29, 0.717) is 23.8 Å². The average molecular weight is 271 g/mol. The first-order chi connectivity index (χ1) is 9.67. The highest BCUT2D eigenvalue weighted by atomic mass is 19.1. The zero-order chi connectivity index (χ0) is 14.1. The molecular weight excluding hydrogens is 253 g/mol. The number of rotatable bonds is 4. The number of benzene rings is 1. The highest BCUT2D eigenvalue weighted by Crippen LogP contribution is 2.50. The van der Waals surface area contributed by atoms with Gasteiger partial charge in [0, 0.05) is 6.42 Å². The lowest BCUT2D eigenvalue weighted by Gasteiger charge is -2.21. The minimum absolute atomic E-state index is 0.00309. The molecule has 0 N–H and O–H groups in total. The van der Waals surface area contributed by atoms with Crippen molar-refractivity contribution in [3.63, 3.8) is 0 Å². The highest BCUT2D eigenvalue weighted by molar-refractivity contribution is 5.88. The van der Waals surface area contributed by atoms with Gasteiger partial charge in [0.25, 0.3) is 0 Å². The topological polar surface area (TPSA) is 40.9 Å². The van der Waals surface area contributed by atoms with Crippen molar-refractivity contribution in [3.8, 4) is 6.07 Å². The van der Waals surface area contributed by atoms with Gasteiger partial charge in [0.05, 0.1) is 6.07 Å². The van der Waals surface area contributed by atoms with Gasteiger partial charge in [-0.05, 0) is 54.7 Å². The second-order valence-electron chi connectivity index (χ2n) is 6.22. The van der Waals surface area contributed by atoms with Crippen molar-refractivity contribution in [2.75, 3.05) is 0 Å². The minimum Gasteiger partial charge on any atom is -0.298 e. The van der Waals surface area contributed by atoms with Gasteiger partial charge in [-0.1, -0.05) is 18.6 Å². The summed E-state index contributed by atoms with van der Waals surface area (Å²) >= 11 is 0. The summed E-state index contributed by atoms with van der Waals surface area (Å²) in [4.78, 5) is 12.4. The normalized spacial score (nSPS) is 29.1. The summed E-state index contributed by atoms with van der Waals surface area (Å²) in [6.45, 7) is 0. The standard InChI is InChI=1S/C17H18FNO/c18-15-5-3-12(4-6-15)16(10-19)17(20)9-14-8-11-1-2-13(14)7-11/h3-6,11,13-14,16H,1-2,7-9H2. The fourth-order valence-electron chi connectivity index (χ4n) is 3.99. The zero-order valence-corrected chi connectivity index (χ0v) is 11.4. The summed E-state index contributed by atoms with van der Waals surface area (Å²) in [5, 5.41) is 9.26. The van der Waals surface area contributed by atoms with Crippen LogP contribution in [-0.2, 0) is 4.79 Å². The van der Waals surface area contributed by atoms with E-state index in [0.717, 1.165) is 12.3 Å². The van der Waals surface area contributed by atoms with Gasteiger partial charge >= 0.3 is 0 Å². The van der Waals surface area contributed by atoms with Crippen molar-refractivity contribution in [3.05, 3.63) is 35.6 Å². The Morgan fingerprint density at radius 3 is 2.60 bits per heavy atom. The van der Waals surface area contributed by atoms with Crippen LogP contribution in [0.2, 0.25) is 0 Å². The molecule has 0 aromatic heterocycles. The molecule has 3 heteroatoms. The van der Waals surface area contributed by atoms with Crippen LogP contribution in [0.5, 0.6) is 0 Å². The van der Waals surface area contributed by atoms with E-state index in [1.165, 1.54) is 31.4 Å².